The molecule has 2 aromatic carbocycles. The highest BCUT2D eigenvalue weighted by molar-refractivity contribution is 5.55. The molecule has 0 bridgehead atoms. The van der Waals surface area contributed by atoms with E-state index in [9.17, 15) is 5.11 Å². The molecule has 1 heterocycles. The van der Waals surface area contributed by atoms with Crippen molar-refractivity contribution in [3.8, 4) is 17.2 Å². The van der Waals surface area contributed by atoms with Gasteiger partial charge in [-0.05, 0) is 55.3 Å². The average Bonchev–Trinajstić information content (AvgIpc) is 2.89. The van der Waals surface area contributed by atoms with Crippen molar-refractivity contribution in [2.45, 2.75) is 19.9 Å². The summed E-state index contributed by atoms with van der Waals surface area (Å²) < 4.78 is 10.7. The molecule has 0 spiro atoms. The first kappa shape index (κ1) is 12.7. The average molecular weight is 271 g/mol. The molecule has 0 radical (unpaired) electrons. The molecule has 1 aliphatic heterocycles. The van der Waals surface area contributed by atoms with E-state index in [2.05, 4.69) is 12.2 Å². The van der Waals surface area contributed by atoms with E-state index in [1.54, 1.807) is 12.1 Å². The number of ether oxygens (including phenoxy) is 2. The van der Waals surface area contributed by atoms with Crippen LogP contribution in [0.15, 0.2) is 36.4 Å². The van der Waals surface area contributed by atoms with Gasteiger partial charge in [0.15, 0.2) is 11.5 Å². The maximum absolute atomic E-state index is 9.44. The van der Waals surface area contributed by atoms with Gasteiger partial charge in [0, 0.05) is 11.7 Å². The summed E-state index contributed by atoms with van der Waals surface area (Å²) in [6.45, 7) is 4.34. The summed E-state index contributed by atoms with van der Waals surface area (Å²) in [5, 5.41) is 12.9. The molecule has 0 saturated heterocycles. The summed E-state index contributed by atoms with van der Waals surface area (Å²) in [4.78, 5) is 0. The zero-order valence-corrected chi connectivity index (χ0v) is 11.5. The first-order valence-corrected chi connectivity index (χ1v) is 6.59. The van der Waals surface area contributed by atoms with Crippen LogP contribution in [0.1, 0.15) is 24.1 Å². The molecule has 0 aromatic heterocycles. The number of rotatable bonds is 3. The smallest absolute Gasteiger partial charge is 0.231 e. The second kappa shape index (κ2) is 4.96. The number of phenolic OH excluding ortho intramolecular Hbond substituents is 1. The Morgan fingerprint density at radius 1 is 1.10 bits per heavy atom. The van der Waals surface area contributed by atoms with E-state index in [0.29, 0.717) is 0 Å². The maximum Gasteiger partial charge on any atom is 0.231 e. The molecular formula is C16H17NO3. The third-order valence-corrected chi connectivity index (χ3v) is 3.48. The highest BCUT2D eigenvalue weighted by Gasteiger charge is 2.16. The summed E-state index contributed by atoms with van der Waals surface area (Å²) >= 11 is 0. The van der Waals surface area contributed by atoms with Crippen molar-refractivity contribution in [1.82, 2.24) is 0 Å². The quantitative estimate of drug-likeness (QED) is 0.837. The molecule has 2 aromatic rings. The predicted molar refractivity (Wildman–Crippen MR) is 77.4 cm³/mol. The van der Waals surface area contributed by atoms with Crippen molar-refractivity contribution in [2.75, 3.05) is 12.1 Å². The van der Waals surface area contributed by atoms with Crippen LogP contribution in [0, 0.1) is 6.92 Å². The molecule has 1 unspecified atom stereocenters. The highest BCUT2D eigenvalue weighted by Crippen LogP contribution is 2.35. The highest BCUT2D eigenvalue weighted by atomic mass is 16.7. The first-order valence-electron chi connectivity index (χ1n) is 6.59. The van der Waals surface area contributed by atoms with E-state index in [4.69, 9.17) is 9.47 Å². The monoisotopic (exact) mass is 271 g/mol. The number of hydrogen-bond acceptors (Lipinski definition) is 4. The van der Waals surface area contributed by atoms with Gasteiger partial charge in [-0.2, -0.15) is 0 Å². The van der Waals surface area contributed by atoms with Gasteiger partial charge in [0.05, 0.1) is 0 Å². The molecule has 104 valence electrons. The standard InChI is InChI=1S/C16H17NO3/c1-10-7-13(18)4-5-14(10)17-11(2)12-3-6-15-16(8-12)20-9-19-15/h3-8,11,17-18H,9H2,1-2H3. The summed E-state index contributed by atoms with van der Waals surface area (Å²) in [6, 6.07) is 11.4. The molecule has 0 fully saturated rings. The fourth-order valence-electron chi connectivity index (χ4n) is 2.31. The SMILES string of the molecule is Cc1cc(O)ccc1NC(C)c1ccc2c(c1)OCO2. The van der Waals surface area contributed by atoms with Gasteiger partial charge in [0.2, 0.25) is 6.79 Å². The van der Waals surface area contributed by atoms with Crippen LogP contribution in [0.2, 0.25) is 0 Å². The molecule has 2 N–H and O–H groups in total. The fraction of sp³-hybridized carbons (Fsp3) is 0.250. The molecule has 1 aliphatic rings. The van der Waals surface area contributed by atoms with E-state index >= 15 is 0 Å². The molecule has 1 atom stereocenters. The van der Waals surface area contributed by atoms with Crippen molar-refractivity contribution >= 4 is 5.69 Å². The second-order valence-electron chi connectivity index (χ2n) is 4.98. The topological polar surface area (TPSA) is 50.7 Å². The molecule has 0 amide bonds. The van der Waals surface area contributed by atoms with Gasteiger partial charge in [-0.3, -0.25) is 0 Å². The summed E-state index contributed by atoms with van der Waals surface area (Å²) in [7, 11) is 0. The Kier molecular flexibility index (Phi) is 3.14. The van der Waals surface area contributed by atoms with E-state index < -0.39 is 0 Å². The van der Waals surface area contributed by atoms with Crippen molar-refractivity contribution < 1.29 is 14.6 Å². The number of anilines is 1. The van der Waals surface area contributed by atoms with Crippen LogP contribution in [0.25, 0.3) is 0 Å². The van der Waals surface area contributed by atoms with Crippen LogP contribution in [-0.4, -0.2) is 11.9 Å². The number of hydrogen-bond donors (Lipinski definition) is 2. The molecular weight excluding hydrogens is 254 g/mol. The Bertz CT molecular complexity index is 640. The molecule has 4 nitrogen and oxygen atoms in total. The Balaban J connectivity index is 1.80. The van der Waals surface area contributed by atoms with Crippen LogP contribution in [0.3, 0.4) is 0 Å². The van der Waals surface area contributed by atoms with Crippen LogP contribution < -0.4 is 14.8 Å². The number of aromatic hydroxyl groups is 1. The summed E-state index contributed by atoms with van der Waals surface area (Å²) in [5.41, 5.74) is 3.15. The van der Waals surface area contributed by atoms with E-state index in [-0.39, 0.29) is 18.6 Å². The van der Waals surface area contributed by atoms with Gasteiger partial charge in [-0.1, -0.05) is 6.07 Å². The number of phenols is 1. The van der Waals surface area contributed by atoms with Crippen LogP contribution in [-0.2, 0) is 0 Å². The summed E-state index contributed by atoms with van der Waals surface area (Å²) in [5.74, 6) is 1.86. The van der Waals surface area contributed by atoms with E-state index in [1.165, 1.54) is 0 Å². The van der Waals surface area contributed by atoms with Gasteiger partial charge >= 0.3 is 0 Å². The second-order valence-corrected chi connectivity index (χ2v) is 4.98. The number of nitrogens with one attached hydrogen (secondary N) is 1. The lowest BCUT2D eigenvalue weighted by Crippen LogP contribution is -2.07. The Morgan fingerprint density at radius 2 is 1.90 bits per heavy atom. The van der Waals surface area contributed by atoms with Gasteiger partial charge in [-0.15, -0.1) is 0 Å². The number of fused-ring (bicyclic) bond motifs is 1. The minimum atomic E-state index is 0.132. The minimum Gasteiger partial charge on any atom is -0.508 e. The molecule has 0 aliphatic carbocycles. The van der Waals surface area contributed by atoms with Gasteiger partial charge in [-0.25, -0.2) is 0 Å². The Morgan fingerprint density at radius 3 is 2.70 bits per heavy atom. The van der Waals surface area contributed by atoms with Crippen LogP contribution >= 0.6 is 0 Å². The van der Waals surface area contributed by atoms with Crippen molar-refractivity contribution in [1.29, 1.82) is 0 Å². The van der Waals surface area contributed by atoms with Gasteiger partial charge in [0.25, 0.3) is 0 Å². The van der Waals surface area contributed by atoms with Crippen LogP contribution in [0.5, 0.6) is 17.2 Å². The number of aryl methyl sites for hydroxylation is 1. The predicted octanol–water partition coefficient (Wildman–Crippen LogP) is 3.60. The van der Waals surface area contributed by atoms with Gasteiger partial charge in [0.1, 0.15) is 5.75 Å². The summed E-state index contributed by atoms with van der Waals surface area (Å²) in [6.07, 6.45) is 0. The molecule has 3 rings (SSSR count). The van der Waals surface area contributed by atoms with Crippen molar-refractivity contribution in [2.24, 2.45) is 0 Å². The largest absolute Gasteiger partial charge is 0.508 e. The number of benzene rings is 2. The maximum atomic E-state index is 9.44. The zero-order valence-electron chi connectivity index (χ0n) is 11.5. The lowest BCUT2D eigenvalue weighted by atomic mass is 10.1. The molecule has 0 saturated carbocycles. The minimum absolute atomic E-state index is 0.132. The van der Waals surface area contributed by atoms with Crippen molar-refractivity contribution in [3.63, 3.8) is 0 Å². The van der Waals surface area contributed by atoms with Crippen LogP contribution in [0.4, 0.5) is 5.69 Å². The Hall–Kier alpha value is -2.36. The van der Waals surface area contributed by atoms with Crippen molar-refractivity contribution in [3.05, 3.63) is 47.5 Å². The molecule has 4 heteroatoms. The van der Waals surface area contributed by atoms with E-state index in [0.717, 1.165) is 28.3 Å². The van der Waals surface area contributed by atoms with Gasteiger partial charge < -0.3 is 19.9 Å². The molecule has 20 heavy (non-hydrogen) atoms. The lowest BCUT2D eigenvalue weighted by molar-refractivity contribution is 0.174. The third kappa shape index (κ3) is 2.37. The fourth-order valence-corrected chi connectivity index (χ4v) is 2.31. The lowest BCUT2D eigenvalue weighted by Gasteiger charge is -2.18. The first-order chi connectivity index (χ1) is 9.63. The normalized spacial score (nSPS) is 14.1. The third-order valence-electron chi connectivity index (χ3n) is 3.48. The zero-order chi connectivity index (χ0) is 14.1. The van der Waals surface area contributed by atoms with E-state index in [1.807, 2.05) is 31.2 Å². The Labute approximate surface area is 118 Å².